The van der Waals surface area contributed by atoms with Gasteiger partial charge in [0, 0.05) is 24.4 Å². The van der Waals surface area contributed by atoms with Crippen LogP contribution in [0.15, 0.2) is 24.5 Å². The van der Waals surface area contributed by atoms with E-state index < -0.39 is 17.6 Å². The van der Waals surface area contributed by atoms with E-state index in [0.29, 0.717) is 28.1 Å². The van der Waals surface area contributed by atoms with Crippen LogP contribution in [0, 0.1) is 6.92 Å². The van der Waals surface area contributed by atoms with Crippen molar-refractivity contribution in [3.05, 3.63) is 46.5 Å². The molecule has 1 fully saturated rings. The van der Waals surface area contributed by atoms with Crippen molar-refractivity contribution in [3.8, 4) is 0 Å². The number of halogens is 1. The summed E-state index contributed by atoms with van der Waals surface area (Å²) in [6, 6.07) is 3.62. The number of nitrogens with zero attached hydrogens (tertiary/aromatic N) is 4. The summed E-state index contributed by atoms with van der Waals surface area (Å²) in [7, 11) is 0. The number of hydrogen-bond donors (Lipinski definition) is 1. The molecule has 0 bridgehead atoms. The molecule has 3 aromatic rings. The van der Waals surface area contributed by atoms with Gasteiger partial charge >= 0.3 is 6.09 Å². The van der Waals surface area contributed by atoms with Crippen LogP contribution in [-0.4, -0.2) is 36.8 Å². The molecule has 0 spiro atoms. The van der Waals surface area contributed by atoms with E-state index in [1.54, 1.807) is 50.6 Å². The molecule has 0 saturated heterocycles. The maximum atomic E-state index is 13.0. The second-order valence-electron chi connectivity index (χ2n) is 9.07. The number of aromatic nitrogens is 4. The Labute approximate surface area is 185 Å². The van der Waals surface area contributed by atoms with Crippen molar-refractivity contribution < 1.29 is 14.3 Å². The third-order valence-electron chi connectivity index (χ3n) is 5.13. The zero-order chi connectivity index (χ0) is 22.5. The summed E-state index contributed by atoms with van der Waals surface area (Å²) in [5.74, 6) is -0.220. The minimum Gasteiger partial charge on any atom is -0.442 e. The molecule has 1 aliphatic rings. The van der Waals surface area contributed by atoms with Gasteiger partial charge in [0.2, 0.25) is 5.91 Å². The van der Waals surface area contributed by atoms with Crippen molar-refractivity contribution in [2.24, 2.45) is 0 Å². The van der Waals surface area contributed by atoms with Crippen LogP contribution >= 0.6 is 11.6 Å². The van der Waals surface area contributed by atoms with Crippen LogP contribution in [0.1, 0.15) is 69.3 Å². The normalized spacial score (nSPS) is 15.2. The number of rotatable bonds is 4. The molecule has 3 heterocycles. The summed E-state index contributed by atoms with van der Waals surface area (Å²) in [5.41, 5.74) is 2.34. The van der Waals surface area contributed by atoms with Gasteiger partial charge in [0.25, 0.3) is 0 Å². The second kappa shape index (κ2) is 7.67. The molecule has 1 atom stereocenters. The van der Waals surface area contributed by atoms with E-state index in [4.69, 9.17) is 16.3 Å². The minimum absolute atomic E-state index is 0.293. The van der Waals surface area contributed by atoms with Crippen LogP contribution in [0.4, 0.5) is 10.6 Å². The lowest BCUT2D eigenvalue weighted by Gasteiger charge is -2.20. The molecular weight excluding hydrogens is 418 g/mol. The van der Waals surface area contributed by atoms with E-state index >= 15 is 0 Å². The summed E-state index contributed by atoms with van der Waals surface area (Å²) in [6.07, 6.45) is 4.98. The lowest BCUT2D eigenvalue weighted by molar-refractivity contribution is -0.117. The fourth-order valence-electron chi connectivity index (χ4n) is 3.21. The molecule has 164 valence electrons. The van der Waals surface area contributed by atoms with Crippen molar-refractivity contribution in [2.75, 3.05) is 5.32 Å². The van der Waals surface area contributed by atoms with Crippen LogP contribution in [0.5, 0.6) is 0 Å². The topological polar surface area (TPSA) is 90.5 Å². The van der Waals surface area contributed by atoms with E-state index in [-0.39, 0.29) is 5.91 Å². The molecule has 0 radical (unpaired) electrons. The fourth-order valence-corrected chi connectivity index (χ4v) is 3.37. The number of aryl methyl sites for hydroxylation is 1. The van der Waals surface area contributed by atoms with E-state index in [0.717, 1.165) is 28.8 Å². The average Bonchev–Trinajstić information content (AvgIpc) is 3.31. The van der Waals surface area contributed by atoms with Crippen LogP contribution in [0.2, 0.25) is 5.02 Å². The molecule has 1 aliphatic carbocycles. The van der Waals surface area contributed by atoms with E-state index in [1.165, 1.54) is 0 Å². The summed E-state index contributed by atoms with van der Waals surface area (Å²) in [6.45, 7) is 9.03. The molecule has 1 amide bonds. The maximum Gasteiger partial charge on any atom is 0.437 e. The summed E-state index contributed by atoms with van der Waals surface area (Å²) < 4.78 is 8.38. The third-order valence-corrected chi connectivity index (χ3v) is 5.53. The van der Waals surface area contributed by atoms with Crippen LogP contribution < -0.4 is 5.32 Å². The van der Waals surface area contributed by atoms with Gasteiger partial charge in [0.1, 0.15) is 17.1 Å². The van der Waals surface area contributed by atoms with Gasteiger partial charge < -0.3 is 14.5 Å². The van der Waals surface area contributed by atoms with E-state index in [2.05, 4.69) is 15.4 Å². The number of carbonyl (C=O) groups is 2. The number of imidazole rings is 1. The number of ether oxygens (including phenoxy) is 1. The first-order valence-corrected chi connectivity index (χ1v) is 10.7. The van der Waals surface area contributed by atoms with Crippen LogP contribution in [-0.2, 0) is 9.53 Å². The Morgan fingerprint density at radius 2 is 1.97 bits per heavy atom. The first-order chi connectivity index (χ1) is 14.5. The zero-order valence-electron chi connectivity index (χ0n) is 18.3. The first kappa shape index (κ1) is 21.4. The molecule has 9 heteroatoms. The number of pyridine rings is 1. The molecule has 1 saturated carbocycles. The zero-order valence-corrected chi connectivity index (χ0v) is 19.0. The molecule has 0 aliphatic heterocycles. The van der Waals surface area contributed by atoms with E-state index in [9.17, 15) is 9.59 Å². The number of hydrogen-bond acceptors (Lipinski definition) is 5. The number of fused-ring (bicyclic) bond motifs is 1. The van der Waals surface area contributed by atoms with Crippen LogP contribution in [0.3, 0.4) is 0 Å². The standard InChI is InChI=1S/C22H26ClN5O3/c1-12-8-18-24-17(11-27(18)10-15(12)23)13(2)20(29)25-19-9-16(14-6-7-14)26-28(19)21(30)31-22(3,4)5/h8-11,13-14H,6-7H2,1-5H3,(H,25,29). The summed E-state index contributed by atoms with van der Waals surface area (Å²) >= 11 is 6.19. The Bertz CT molecular complexity index is 1130. The Hall–Kier alpha value is -2.87. The Morgan fingerprint density at radius 3 is 2.61 bits per heavy atom. The second-order valence-corrected chi connectivity index (χ2v) is 9.47. The largest absolute Gasteiger partial charge is 0.442 e. The number of amides is 1. The van der Waals surface area contributed by atoms with Crippen molar-refractivity contribution in [1.29, 1.82) is 0 Å². The molecular formula is C22H26ClN5O3. The van der Waals surface area contributed by atoms with Crippen LogP contribution in [0.25, 0.3) is 5.65 Å². The van der Waals surface area contributed by atoms with Crippen molar-refractivity contribution in [3.63, 3.8) is 0 Å². The predicted molar refractivity (Wildman–Crippen MR) is 118 cm³/mol. The predicted octanol–water partition coefficient (Wildman–Crippen LogP) is 4.90. The van der Waals surface area contributed by atoms with Crippen molar-refractivity contribution in [1.82, 2.24) is 19.2 Å². The molecule has 0 aromatic carbocycles. The highest BCUT2D eigenvalue weighted by Gasteiger charge is 2.31. The average molecular weight is 444 g/mol. The smallest absolute Gasteiger partial charge is 0.437 e. The lowest BCUT2D eigenvalue weighted by atomic mass is 10.1. The highest BCUT2D eigenvalue weighted by Crippen LogP contribution is 2.40. The molecule has 1 unspecified atom stereocenters. The Balaban J connectivity index is 1.58. The third kappa shape index (κ3) is 4.58. The first-order valence-electron chi connectivity index (χ1n) is 10.3. The summed E-state index contributed by atoms with van der Waals surface area (Å²) in [5, 5.41) is 7.85. The van der Waals surface area contributed by atoms with E-state index in [1.807, 2.05) is 13.0 Å². The molecule has 8 nitrogen and oxygen atoms in total. The quantitative estimate of drug-likeness (QED) is 0.619. The van der Waals surface area contributed by atoms with Crippen molar-refractivity contribution >= 4 is 35.1 Å². The molecule has 31 heavy (non-hydrogen) atoms. The molecule has 4 rings (SSSR count). The van der Waals surface area contributed by atoms with Gasteiger partial charge in [0.05, 0.1) is 22.3 Å². The van der Waals surface area contributed by atoms with Gasteiger partial charge in [-0.3, -0.25) is 4.79 Å². The molecule has 1 N–H and O–H groups in total. The van der Waals surface area contributed by atoms with Gasteiger partial charge in [-0.05, 0) is 59.1 Å². The number of anilines is 1. The van der Waals surface area contributed by atoms with Crippen molar-refractivity contribution in [2.45, 2.75) is 64.9 Å². The van der Waals surface area contributed by atoms with Gasteiger partial charge in [-0.2, -0.15) is 5.10 Å². The number of nitrogens with one attached hydrogen (secondary N) is 1. The maximum absolute atomic E-state index is 13.0. The minimum atomic E-state index is -0.673. The summed E-state index contributed by atoms with van der Waals surface area (Å²) in [4.78, 5) is 30.2. The monoisotopic (exact) mass is 443 g/mol. The number of carbonyl (C=O) groups excluding carboxylic acids is 2. The van der Waals surface area contributed by atoms with Gasteiger partial charge in [0.15, 0.2) is 0 Å². The van der Waals surface area contributed by atoms with Gasteiger partial charge in [-0.1, -0.05) is 11.6 Å². The fraction of sp³-hybridized carbons (Fsp3) is 0.455. The van der Waals surface area contributed by atoms with Gasteiger partial charge in [-0.25, -0.2) is 9.78 Å². The highest BCUT2D eigenvalue weighted by molar-refractivity contribution is 6.31. The lowest BCUT2D eigenvalue weighted by Crippen LogP contribution is -2.30. The Kier molecular flexibility index (Phi) is 5.29. The molecule has 3 aromatic heterocycles. The SMILES string of the molecule is Cc1cc2nc(C(C)C(=O)Nc3cc(C4CC4)nn3C(=O)OC(C)(C)C)cn2cc1Cl. The van der Waals surface area contributed by atoms with Gasteiger partial charge in [-0.15, -0.1) is 4.68 Å². The Morgan fingerprint density at radius 1 is 1.26 bits per heavy atom. The highest BCUT2D eigenvalue weighted by atomic mass is 35.5.